The summed E-state index contributed by atoms with van der Waals surface area (Å²) in [6.45, 7) is 6.21. The maximum absolute atomic E-state index is 13.6. The molecule has 1 N–H and O–H groups in total. The van der Waals surface area contributed by atoms with Gasteiger partial charge in [-0.2, -0.15) is 0 Å². The maximum atomic E-state index is 13.6. The van der Waals surface area contributed by atoms with E-state index in [1.54, 1.807) is 4.90 Å². The van der Waals surface area contributed by atoms with Crippen LogP contribution in [0.15, 0.2) is 78.9 Å². The first-order valence-corrected chi connectivity index (χ1v) is 13.0. The van der Waals surface area contributed by atoms with E-state index in [1.165, 1.54) is 0 Å². The number of carbonyl (C=O) groups excluding carboxylic acids is 2. The summed E-state index contributed by atoms with van der Waals surface area (Å²) in [6, 6.07) is 24.8. The van der Waals surface area contributed by atoms with E-state index in [4.69, 9.17) is 4.74 Å². The Hall–Kier alpha value is -2.87. The topological polar surface area (TPSA) is 58.6 Å². The highest BCUT2D eigenvalue weighted by molar-refractivity contribution is 14.1. The Morgan fingerprint density at radius 3 is 2.23 bits per heavy atom. The summed E-state index contributed by atoms with van der Waals surface area (Å²) in [5.74, 6) is 0.236. The average Bonchev–Trinajstić information content (AvgIpc) is 2.87. The van der Waals surface area contributed by atoms with Gasteiger partial charge in [0.2, 0.25) is 5.91 Å². The molecule has 0 saturated carbocycles. The van der Waals surface area contributed by atoms with E-state index in [9.17, 15) is 9.59 Å². The summed E-state index contributed by atoms with van der Waals surface area (Å²) >= 11 is 2.23. The van der Waals surface area contributed by atoms with E-state index in [1.807, 2.05) is 99.6 Å². The summed E-state index contributed by atoms with van der Waals surface area (Å²) in [6.07, 6.45) is 1.23. The van der Waals surface area contributed by atoms with Gasteiger partial charge in [-0.3, -0.25) is 9.59 Å². The van der Waals surface area contributed by atoms with E-state index >= 15 is 0 Å². The lowest BCUT2D eigenvalue weighted by molar-refractivity contribution is -0.143. The molecule has 3 rings (SSSR count). The van der Waals surface area contributed by atoms with Crippen molar-refractivity contribution in [1.29, 1.82) is 0 Å². The largest absolute Gasteiger partial charge is 0.484 e. The Bertz CT molecular complexity index is 1090. The molecule has 0 spiro atoms. The van der Waals surface area contributed by atoms with Crippen LogP contribution in [0.2, 0.25) is 0 Å². The number of ether oxygens (including phenoxy) is 1. The molecular formula is C29H33IN2O3. The molecule has 0 fully saturated rings. The van der Waals surface area contributed by atoms with Gasteiger partial charge in [0.15, 0.2) is 6.61 Å². The first-order valence-electron chi connectivity index (χ1n) is 11.9. The number of hydrogen-bond donors (Lipinski definition) is 1. The van der Waals surface area contributed by atoms with Gasteiger partial charge in [0, 0.05) is 22.6 Å². The summed E-state index contributed by atoms with van der Waals surface area (Å²) in [5, 5.41) is 3.09. The van der Waals surface area contributed by atoms with Crippen molar-refractivity contribution in [1.82, 2.24) is 10.2 Å². The molecule has 0 unspecified atom stereocenters. The lowest BCUT2D eigenvalue weighted by atomic mass is 10.0. The normalized spacial score (nSPS) is 12.5. The fourth-order valence-corrected chi connectivity index (χ4v) is 4.00. The number of aryl methyl sites for hydroxylation is 1. The van der Waals surface area contributed by atoms with Crippen LogP contribution in [0, 0.1) is 10.5 Å². The molecule has 5 nitrogen and oxygen atoms in total. The Morgan fingerprint density at radius 2 is 1.60 bits per heavy atom. The minimum Gasteiger partial charge on any atom is -0.484 e. The molecule has 35 heavy (non-hydrogen) atoms. The third-order valence-electron chi connectivity index (χ3n) is 5.92. The quantitative estimate of drug-likeness (QED) is 0.302. The molecule has 3 aromatic rings. The van der Waals surface area contributed by atoms with Crippen LogP contribution in [0.1, 0.15) is 37.0 Å². The van der Waals surface area contributed by atoms with Gasteiger partial charge in [-0.1, -0.05) is 67.1 Å². The molecular weight excluding hydrogens is 551 g/mol. The summed E-state index contributed by atoms with van der Waals surface area (Å²) in [4.78, 5) is 28.7. The Balaban J connectivity index is 1.89. The molecule has 0 bridgehead atoms. The highest BCUT2D eigenvalue weighted by atomic mass is 127. The van der Waals surface area contributed by atoms with E-state index in [0.717, 1.165) is 26.7 Å². The molecule has 0 heterocycles. The third kappa shape index (κ3) is 8.38. The zero-order chi connectivity index (χ0) is 25.2. The summed E-state index contributed by atoms with van der Waals surface area (Å²) in [7, 11) is 0. The summed E-state index contributed by atoms with van der Waals surface area (Å²) < 4.78 is 6.91. The van der Waals surface area contributed by atoms with Crippen molar-refractivity contribution < 1.29 is 14.3 Å². The number of hydrogen-bond acceptors (Lipinski definition) is 3. The molecule has 2 amide bonds. The number of amides is 2. The second-order valence-corrected chi connectivity index (χ2v) is 10.0. The molecule has 0 aromatic heterocycles. The Kier molecular flexibility index (Phi) is 10.1. The van der Waals surface area contributed by atoms with Gasteiger partial charge in [0.05, 0.1) is 0 Å². The van der Waals surface area contributed by atoms with E-state index < -0.39 is 6.04 Å². The van der Waals surface area contributed by atoms with Crippen LogP contribution in [0.4, 0.5) is 0 Å². The first kappa shape index (κ1) is 26.7. The van der Waals surface area contributed by atoms with Crippen molar-refractivity contribution >= 4 is 34.4 Å². The van der Waals surface area contributed by atoms with Gasteiger partial charge in [-0.15, -0.1) is 0 Å². The molecule has 184 valence electrons. The molecule has 0 saturated heterocycles. The van der Waals surface area contributed by atoms with Crippen LogP contribution >= 0.6 is 22.6 Å². The number of nitrogens with one attached hydrogen (secondary N) is 1. The SMILES string of the molecule is CC[C@@H](C)NC(=O)[C@H](Cc1ccccc1)N(Cc1ccc(C)cc1)C(=O)COc1ccc(I)cc1. The molecule has 0 aliphatic carbocycles. The second-order valence-electron chi connectivity index (χ2n) is 8.77. The van der Waals surface area contributed by atoms with Crippen molar-refractivity contribution in [2.24, 2.45) is 0 Å². The van der Waals surface area contributed by atoms with Gasteiger partial charge < -0.3 is 15.0 Å². The molecule has 6 heteroatoms. The minimum atomic E-state index is -0.666. The van der Waals surface area contributed by atoms with Gasteiger partial charge >= 0.3 is 0 Å². The smallest absolute Gasteiger partial charge is 0.261 e. The molecule has 0 aliphatic heterocycles. The van der Waals surface area contributed by atoms with Crippen molar-refractivity contribution in [3.63, 3.8) is 0 Å². The van der Waals surface area contributed by atoms with Crippen LogP contribution in [0.3, 0.4) is 0 Å². The number of nitrogens with zero attached hydrogens (tertiary/aromatic N) is 1. The zero-order valence-corrected chi connectivity index (χ0v) is 22.7. The predicted molar refractivity (Wildman–Crippen MR) is 148 cm³/mol. The van der Waals surface area contributed by atoms with Crippen molar-refractivity contribution in [2.45, 2.75) is 52.2 Å². The van der Waals surface area contributed by atoms with Crippen LogP contribution in [-0.4, -0.2) is 35.4 Å². The van der Waals surface area contributed by atoms with Crippen LogP contribution in [0.5, 0.6) is 5.75 Å². The highest BCUT2D eigenvalue weighted by Gasteiger charge is 2.31. The third-order valence-corrected chi connectivity index (χ3v) is 6.64. The zero-order valence-electron chi connectivity index (χ0n) is 20.5. The average molecular weight is 584 g/mol. The van der Waals surface area contributed by atoms with Gasteiger partial charge in [-0.05, 0) is 78.3 Å². The summed E-state index contributed by atoms with van der Waals surface area (Å²) in [5.41, 5.74) is 3.11. The van der Waals surface area contributed by atoms with E-state index in [0.29, 0.717) is 18.7 Å². The molecule has 2 atom stereocenters. The van der Waals surface area contributed by atoms with Crippen molar-refractivity contribution in [3.8, 4) is 5.75 Å². The van der Waals surface area contributed by atoms with Crippen LogP contribution in [0.25, 0.3) is 0 Å². The maximum Gasteiger partial charge on any atom is 0.261 e. The fourth-order valence-electron chi connectivity index (χ4n) is 3.64. The van der Waals surface area contributed by atoms with Crippen molar-refractivity contribution in [2.75, 3.05) is 6.61 Å². The standard InChI is InChI=1S/C29H33IN2O3/c1-4-22(3)31-29(34)27(18-23-8-6-5-7-9-23)32(19-24-12-10-21(2)11-13-24)28(33)20-35-26-16-14-25(30)15-17-26/h5-17,22,27H,4,18-20H2,1-3H3,(H,31,34)/t22-,27+/m1/s1. The fraction of sp³-hybridized carbons (Fsp3) is 0.310. The van der Waals surface area contributed by atoms with Crippen LogP contribution in [-0.2, 0) is 22.6 Å². The van der Waals surface area contributed by atoms with Crippen LogP contribution < -0.4 is 10.1 Å². The van der Waals surface area contributed by atoms with Gasteiger partial charge in [0.1, 0.15) is 11.8 Å². The number of benzene rings is 3. The number of carbonyl (C=O) groups is 2. The van der Waals surface area contributed by atoms with Gasteiger partial charge in [0.25, 0.3) is 5.91 Å². The Morgan fingerprint density at radius 1 is 0.943 bits per heavy atom. The lowest BCUT2D eigenvalue weighted by Crippen LogP contribution is -2.53. The van der Waals surface area contributed by atoms with E-state index in [2.05, 4.69) is 27.9 Å². The second kappa shape index (κ2) is 13.3. The van der Waals surface area contributed by atoms with Gasteiger partial charge in [-0.25, -0.2) is 0 Å². The van der Waals surface area contributed by atoms with E-state index in [-0.39, 0.29) is 24.5 Å². The predicted octanol–water partition coefficient (Wildman–Crippen LogP) is 5.53. The van der Waals surface area contributed by atoms with Crippen molar-refractivity contribution in [3.05, 3.63) is 99.1 Å². The first-order chi connectivity index (χ1) is 16.9. The molecule has 0 aliphatic rings. The monoisotopic (exact) mass is 584 g/mol. The minimum absolute atomic E-state index is 0.0140. The molecule has 3 aromatic carbocycles. The number of rotatable bonds is 11. The molecule has 0 radical (unpaired) electrons. The number of halogens is 1. The Labute approximate surface area is 222 Å². The lowest BCUT2D eigenvalue weighted by Gasteiger charge is -2.32. The highest BCUT2D eigenvalue weighted by Crippen LogP contribution is 2.18.